The number of fused-ring (bicyclic) bond motifs is 1. The van der Waals surface area contributed by atoms with Gasteiger partial charge in [0.15, 0.2) is 5.16 Å². The Morgan fingerprint density at radius 1 is 1.47 bits per heavy atom. The van der Waals surface area contributed by atoms with Gasteiger partial charge in [0.2, 0.25) is 0 Å². The van der Waals surface area contributed by atoms with Crippen LogP contribution < -0.4 is 0 Å². The van der Waals surface area contributed by atoms with Crippen LogP contribution in [0.2, 0.25) is 0 Å². The third-order valence-corrected chi connectivity index (χ3v) is 5.33. The van der Waals surface area contributed by atoms with Crippen molar-refractivity contribution in [2.75, 3.05) is 11.5 Å². The molecule has 0 spiro atoms. The molecule has 17 heavy (non-hydrogen) atoms. The smallest absolute Gasteiger partial charge is 0.190 e. The molecular weight excluding hydrogens is 250 g/mol. The summed E-state index contributed by atoms with van der Waals surface area (Å²) in [5, 5.41) is 9.00. The predicted octanol–water partition coefficient (Wildman–Crippen LogP) is 2.80. The molecule has 1 unspecified atom stereocenters. The standard InChI is InChI=1S/C12H13N3S2/c1-15-8-13-14-12(15)17-7-9-6-16-11-5-3-2-4-10(9)11/h2-5,8-9H,6-7H2,1H3. The van der Waals surface area contributed by atoms with Crippen LogP contribution in [0.4, 0.5) is 0 Å². The Hall–Kier alpha value is -0.940. The first kappa shape index (κ1) is 11.2. The minimum absolute atomic E-state index is 0.637. The van der Waals surface area contributed by atoms with Gasteiger partial charge < -0.3 is 4.57 Å². The fraction of sp³-hybridized carbons (Fsp3) is 0.333. The highest BCUT2D eigenvalue weighted by atomic mass is 32.2. The number of hydrogen-bond donors (Lipinski definition) is 0. The van der Waals surface area contributed by atoms with Crippen LogP contribution in [0.25, 0.3) is 0 Å². The van der Waals surface area contributed by atoms with Crippen molar-refractivity contribution < 1.29 is 0 Å². The number of thioether (sulfide) groups is 2. The van der Waals surface area contributed by atoms with Gasteiger partial charge in [-0.15, -0.1) is 22.0 Å². The third-order valence-electron chi connectivity index (χ3n) is 2.88. The summed E-state index contributed by atoms with van der Waals surface area (Å²) < 4.78 is 1.97. The molecule has 1 aromatic heterocycles. The van der Waals surface area contributed by atoms with E-state index in [1.54, 1.807) is 18.1 Å². The molecule has 0 saturated carbocycles. The molecule has 2 aromatic rings. The monoisotopic (exact) mass is 263 g/mol. The highest BCUT2D eigenvalue weighted by molar-refractivity contribution is 8.00. The molecule has 0 amide bonds. The maximum atomic E-state index is 4.10. The highest BCUT2D eigenvalue weighted by Gasteiger charge is 2.23. The SMILES string of the molecule is Cn1cnnc1SCC1CSc2ccccc21. The molecule has 0 aliphatic carbocycles. The van der Waals surface area contributed by atoms with Crippen molar-refractivity contribution in [3.05, 3.63) is 36.2 Å². The lowest BCUT2D eigenvalue weighted by atomic mass is 10.0. The molecule has 0 radical (unpaired) electrons. The molecule has 1 aliphatic heterocycles. The van der Waals surface area contributed by atoms with Gasteiger partial charge in [-0.25, -0.2) is 0 Å². The Balaban J connectivity index is 1.70. The predicted molar refractivity (Wildman–Crippen MR) is 71.6 cm³/mol. The van der Waals surface area contributed by atoms with E-state index in [2.05, 4.69) is 34.5 Å². The topological polar surface area (TPSA) is 30.7 Å². The molecule has 3 rings (SSSR count). The van der Waals surface area contributed by atoms with Gasteiger partial charge in [0.25, 0.3) is 0 Å². The summed E-state index contributed by atoms with van der Waals surface area (Å²) >= 11 is 3.75. The van der Waals surface area contributed by atoms with Gasteiger partial charge in [0.05, 0.1) is 0 Å². The number of hydrogen-bond acceptors (Lipinski definition) is 4. The maximum absolute atomic E-state index is 4.10. The zero-order valence-corrected chi connectivity index (χ0v) is 11.2. The van der Waals surface area contributed by atoms with Crippen LogP contribution in [0.3, 0.4) is 0 Å². The number of aromatic nitrogens is 3. The second kappa shape index (κ2) is 4.74. The van der Waals surface area contributed by atoms with E-state index in [1.165, 1.54) is 16.2 Å². The van der Waals surface area contributed by atoms with Crippen LogP contribution in [-0.4, -0.2) is 26.3 Å². The number of rotatable bonds is 3. The van der Waals surface area contributed by atoms with Gasteiger partial charge >= 0.3 is 0 Å². The van der Waals surface area contributed by atoms with Crippen LogP contribution in [0.5, 0.6) is 0 Å². The lowest BCUT2D eigenvalue weighted by Gasteiger charge is -2.09. The molecule has 3 nitrogen and oxygen atoms in total. The van der Waals surface area contributed by atoms with E-state index >= 15 is 0 Å². The van der Waals surface area contributed by atoms with Crippen LogP contribution >= 0.6 is 23.5 Å². The lowest BCUT2D eigenvalue weighted by molar-refractivity contribution is 0.784. The maximum Gasteiger partial charge on any atom is 0.190 e. The van der Waals surface area contributed by atoms with Crippen molar-refractivity contribution in [1.29, 1.82) is 0 Å². The molecule has 0 N–H and O–H groups in total. The largest absolute Gasteiger partial charge is 0.312 e. The van der Waals surface area contributed by atoms with E-state index in [4.69, 9.17) is 0 Å². The quantitative estimate of drug-likeness (QED) is 0.797. The van der Waals surface area contributed by atoms with Gasteiger partial charge in [-0.05, 0) is 11.6 Å². The Morgan fingerprint density at radius 2 is 2.35 bits per heavy atom. The van der Waals surface area contributed by atoms with Crippen LogP contribution in [0, 0.1) is 0 Å². The van der Waals surface area contributed by atoms with Crippen LogP contribution in [-0.2, 0) is 7.05 Å². The summed E-state index contributed by atoms with van der Waals surface area (Å²) in [6, 6.07) is 8.71. The van der Waals surface area contributed by atoms with Gasteiger partial charge in [-0.3, -0.25) is 0 Å². The van der Waals surface area contributed by atoms with E-state index in [0.29, 0.717) is 5.92 Å². The summed E-state index contributed by atoms with van der Waals surface area (Å²) in [6.45, 7) is 0. The first-order chi connectivity index (χ1) is 8.34. The summed E-state index contributed by atoms with van der Waals surface area (Å²) in [4.78, 5) is 1.44. The summed E-state index contributed by atoms with van der Waals surface area (Å²) in [7, 11) is 1.99. The van der Waals surface area contributed by atoms with E-state index in [1.807, 2.05) is 23.4 Å². The molecule has 5 heteroatoms. The second-order valence-electron chi connectivity index (χ2n) is 4.08. The Morgan fingerprint density at radius 3 is 3.18 bits per heavy atom. The molecule has 0 bridgehead atoms. The Bertz CT molecular complexity index is 524. The van der Waals surface area contributed by atoms with Gasteiger partial charge in [0, 0.05) is 29.4 Å². The van der Waals surface area contributed by atoms with E-state index in [9.17, 15) is 0 Å². The molecule has 1 aliphatic rings. The molecular formula is C12H13N3S2. The highest BCUT2D eigenvalue weighted by Crippen LogP contribution is 2.41. The first-order valence-corrected chi connectivity index (χ1v) is 7.50. The summed E-state index contributed by atoms with van der Waals surface area (Å²) in [5.74, 6) is 2.90. The fourth-order valence-electron chi connectivity index (χ4n) is 1.95. The molecule has 88 valence electrons. The second-order valence-corrected chi connectivity index (χ2v) is 6.13. The summed E-state index contributed by atoms with van der Waals surface area (Å²) in [6.07, 6.45) is 1.75. The van der Waals surface area contributed by atoms with Crippen LogP contribution in [0.15, 0.2) is 40.6 Å². The number of nitrogens with zero attached hydrogens (tertiary/aromatic N) is 3. The molecule has 1 atom stereocenters. The third kappa shape index (κ3) is 2.21. The minimum atomic E-state index is 0.637. The zero-order chi connectivity index (χ0) is 11.7. The molecule has 0 saturated heterocycles. The zero-order valence-electron chi connectivity index (χ0n) is 9.54. The van der Waals surface area contributed by atoms with Gasteiger partial charge in [-0.1, -0.05) is 30.0 Å². The minimum Gasteiger partial charge on any atom is -0.312 e. The molecule has 0 fully saturated rings. The van der Waals surface area contributed by atoms with Gasteiger partial charge in [-0.2, -0.15) is 0 Å². The Labute approximate surface area is 109 Å². The number of benzene rings is 1. The van der Waals surface area contributed by atoms with Gasteiger partial charge in [0.1, 0.15) is 6.33 Å². The van der Waals surface area contributed by atoms with Crippen molar-refractivity contribution >= 4 is 23.5 Å². The average molecular weight is 263 g/mol. The van der Waals surface area contributed by atoms with Crippen LogP contribution in [0.1, 0.15) is 11.5 Å². The van der Waals surface area contributed by atoms with Crippen molar-refractivity contribution in [3.63, 3.8) is 0 Å². The van der Waals surface area contributed by atoms with E-state index in [0.717, 1.165) is 10.9 Å². The first-order valence-electron chi connectivity index (χ1n) is 5.53. The Kier molecular flexibility index (Phi) is 3.11. The van der Waals surface area contributed by atoms with E-state index in [-0.39, 0.29) is 0 Å². The normalized spacial score (nSPS) is 18.3. The summed E-state index contributed by atoms with van der Waals surface area (Å²) in [5.41, 5.74) is 1.49. The van der Waals surface area contributed by atoms with Crippen molar-refractivity contribution in [1.82, 2.24) is 14.8 Å². The van der Waals surface area contributed by atoms with Crippen molar-refractivity contribution in [2.24, 2.45) is 7.05 Å². The number of aryl methyl sites for hydroxylation is 1. The average Bonchev–Trinajstić information content (AvgIpc) is 2.93. The van der Waals surface area contributed by atoms with Crippen molar-refractivity contribution in [3.8, 4) is 0 Å². The molecule has 1 aromatic carbocycles. The van der Waals surface area contributed by atoms with Crippen molar-refractivity contribution in [2.45, 2.75) is 16.0 Å². The lowest BCUT2D eigenvalue weighted by Crippen LogP contribution is -2.01. The molecule has 2 heterocycles. The van der Waals surface area contributed by atoms with E-state index < -0.39 is 0 Å². The fourth-order valence-corrected chi connectivity index (χ4v) is 4.35.